The number of ether oxygens (including phenoxy) is 4. The zero-order valence-corrected chi connectivity index (χ0v) is 23.0. The van der Waals surface area contributed by atoms with Crippen LogP contribution in [0.2, 0.25) is 0 Å². The summed E-state index contributed by atoms with van der Waals surface area (Å²) >= 11 is 0. The lowest BCUT2D eigenvalue weighted by Crippen LogP contribution is -2.19. The van der Waals surface area contributed by atoms with E-state index in [0.29, 0.717) is 29.1 Å². The second-order valence-electron chi connectivity index (χ2n) is 10.0. The van der Waals surface area contributed by atoms with E-state index in [4.69, 9.17) is 23.9 Å². The SMILES string of the molecule is O=C1C[C@H](c2cn(COCc3ccccc3)c3c(OCc4ccccc4)nc(OCc4ccccc4)nc23)O[C@@H]1CO. The van der Waals surface area contributed by atoms with Crippen molar-refractivity contribution >= 4 is 16.8 Å². The van der Waals surface area contributed by atoms with E-state index in [1.54, 1.807) is 0 Å². The van der Waals surface area contributed by atoms with Gasteiger partial charge in [0, 0.05) is 18.2 Å². The smallest absolute Gasteiger partial charge is 0.320 e. The highest BCUT2D eigenvalue weighted by molar-refractivity contribution is 5.89. The minimum absolute atomic E-state index is 0.125. The molecule has 0 radical (unpaired) electrons. The van der Waals surface area contributed by atoms with Gasteiger partial charge in [-0.05, 0) is 16.7 Å². The number of ketones is 1. The summed E-state index contributed by atoms with van der Waals surface area (Å²) in [6.45, 7) is 0.762. The number of fused-ring (bicyclic) bond motifs is 1. The van der Waals surface area contributed by atoms with Gasteiger partial charge >= 0.3 is 6.01 Å². The largest absolute Gasteiger partial charge is 0.471 e. The summed E-state index contributed by atoms with van der Waals surface area (Å²) in [5, 5.41) is 9.65. The molecule has 5 aromatic rings. The number of carbonyl (C=O) groups excluding carboxylic acids is 1. The maximum Gasteiger partial charge on any atom is 0.320 e. The molecule has 1 aliphatic rings. The van der Waals surface area contributed by atoms with Gasteiger partial charge in [-0.3, -0.25) is 4.79 Å². The Hall–Kier alpha value is -4.57. The van der Waals surface area contributed by atoms with Crippen LogP contribution in [-0.2, 0) is 40.8 Å². The van der Waals surface area contributed by atoms with Gasteiger partial charge in [0.25, 0.3) is 0 Å². The molecule has 0 spiro atoms. The van der Waals surface area contributed by atoms with Gasteiger partial charge in [0.15, 0.2) is 5.78 Å². The molecule has 1 fully saturated rings. The number of aliphatic hydroxyl groups is 1. The summed E-state index contributed by atoms with van der Waals surface area (Å²) in [6.07, 6.45) is 0.524. The number of Topliss-reactive ketones (excluding diaryl/α,β-unsaturated/α-hetero) is 1. The minimum atomic E-state index is -0.868. The Morgan fingerprint density at radius 1 is 0.810 bits per heavy atom. The van der Waals surface area contributed by atoms with E-state index in [2.05, 4.69) is 4.98 Å². The molecule has 0 bridgehead atoms. The number of hydrogen-bond donors (Lipinski definition) is 1. The summed E-state index contributed by atoms with van der Waals surface area (Å²) in [7, 11) is 0. The molecule has 2 atom stereocenters. The van der Waals surface area contributed by atoms with Gasteiger partial charge in [0.1, 0.15) is 37.1 Å². The fourth-order valence-electron chi connectivity index (χ4n) is 4.92. The standard InChI is InChI=1S/C33H31N3O6/c37-18-29-27(38)16-28(42-29)26-17-36(22-39-19-23-10-4-1-5-11-23)31-30(26)34-33(41-21-25-14-8-3-9-15-25)35-32(31)40-20-24-12-6-2-7-13-24/h1-15,17,28-29,37H,16,18-22H2/t28-,29-/m1/s1. The highest BCUT2D eigenvalue weighted by atomic mass is 16.5. The molecule has 1 saturated heterocycles. The van der Waals surface area contributed by atoms with Crippen molar-refractivity contribution in [1.82, 2.24) is 14.5 Å². The molecule has 2 aromatic heterocycles. The molecule has 0 saturated carbocycles. The first-order valence-electron chi connectivity index (χ1n) is 13.8. The molecule has 42 heavy (non-hydrogen) atoms. The molecule has 3 heterocycles. The Morgan fingerprint density at radius 2 is 1.40 bits per heavy atom. The molecule has 1 aliphatic heterocycles. The average molecular weight is 566 g/mol. The van der Waals surface area contributed by atoms with Crippen LogP contribution in [0.4, 0.5) is 0 Å². The summed E-state index contributed by atoms with van der Waals surface area (Å²) < 4.78 is 26.2. The molecule has 1 N–H and O–H groups in total. The molecule has 9 nitrogen and oxygen atoms in total. The van der Waals surface area contributed by atoms with E-state index in [0.717, 1.165) is 16.7 Å². The van der Waals surface area contributed by atoms with Crippen molar-refractivity contribution in [1.29, 1.82) is 0 Å². The lowest BCUT2D eigenvalue weighted by Gasteiger charge is -2.13. The van der Waals surface area contributed by atoms with Crippen LogP contribution >= 0.6 is 0 Å². The summed E-state index contributed by atoms with van der Waals surface area (Å²) in [5.74, 6) is 0.170. The molecule has 9 heteroatoms. The van der Waals surface area contributed by atoms with Crippen LogP contribution < -0.4 is 9.47 Å². The first-order valence-corrected chi connectivity index (χ1v) is 13.8. The van der Waals surface area contributed by atoms with Crippen LogP contribution in [0.5, 0.6) is 11.9 Å². The maximum absolute atomic E-state index is 12.5. The number of benzene rings is 3. The Morgan fingerprint density at radius 3 is 2.00 bits per heavy atom. The van der Waals surface area contributed by atoms with Crippen molar-refractivity contribution in [2.24, 2.45) is 0 Å². The van der Waals surface area contributed by atoms with Crippen molar-refractivity contribution in [3.05, 3.63) is 119 Å². The lowest BCUT2D eigenvalue weighted by molar-refractivity contribution is -0.124. The maximum atomic E-state index is 12.5. The van der Waals surface area contributed by atoms with E-state index in [-0.39, 0.29) is 44.8 Å². The van der Waals surface area contributed by atoms with Gasteiger partial charge in [-0.1, -0.05) is 91.0 Å². The van der Waals surface area contributed by atoms with Crippen LogP contribution in [0.1, 0.15) is 34.8 Å². The van der Waals surface area contributed by atoms with E-state index < -0.39 is 12.2 Å². The normalized spacial score (nSPS) is 16.6. The number of hydrogen-bond acceptors (Lipinski definition) is 8. The zero-order chi connectivity index (χ0) is 28.7. The van der Waals surface area contributed by atoms with Gasteiger partial charge in [-0.25, -0.2) is 0 Å². The van der Waals surface area contributed by atoms with Crippen LogP contribution in [0, 0.1) is 0 Å². The van der Waals surface area contributed by atoms with Gasteiger partial charge in [-0.15, -0.1) is 0 Å². The first kappa shape index (κ1) is 27.6. The van der Waals surface area contributed by atoms with Crippen molar-refractivity contribution in [2.45, 2.75) is 45.2 Å². The number of nitrogens with zero attached hydrogens (tertiary/aromatic N) is 3. The number of aliphatic hydroxyl groups excluding tert-OH is 1. The second kappa shape index (κ2) is 12.9. The zero-order valence-electron chi connectivity index (χ0n) is 23.0. The summed E-state index contributed by atoms with van der Waals surface area (Å²) in [4.78, 5) is 21.9. The Labute approximate surface area is 243 Å². The number of carbonyl (C=O) groups is 1. The highest BCUT2D eigenvalue weighted by Gasteiger charge is 2.36. The Bertz CT molecular complexity index is 1630. The molecule has 3 aromatic carbocycles. The highest BCUT2D eigenvalue weighted by Crippen LogP contribution is 2.38. The fraction of sp³-hybridized carbons (Fsp3) is 0.242. The minimum Gasteiger partial charge on any atom is -0.471 e. The lowest BCUT2D eigenvalue weighted by atomic mass is 10.1. The van der Waals surface area contributed by atoms with Crippen LogP contribution in [0.15, 0.2) is 97.2 Å². The third-order valence-corrected chi connectivity index (χ3v) is 7.05. The molecule has 0 amide bonds. The molecule has 214 valence electrons. The van der Waals surface area contributed by atoms with E-state index in [9.17, 15) is 9.90 Å². The Kier molecular flexibility index (Phi) is 8.51. The average Bonchev–Trinajstić information content (AvgIpc) is 3.60. The summed E-state index contributed by atoms with van der Waals surface area (Å²) in [5.41, 5.74) is 4.80. The van der Waals surface area contributed by atoms with Crippen LogP contribution in [-0.4, -0.2) is 38.1 Å². The quantitative estimate of drug-likeness (QED) is 0.221. The third-order valence-electron chi connectivity index (χ3n) is 7.05. The van der Waals surface area contributed by atoms with E-state index in [1.807, 2.05) is 102 Å². The topological polar surface area (TPSA) is 105 Å². The van der Waals surface area contributed by atoms with Crippen molar-refractivity contribution < 1.29 is 28.8 Å². The third kappa shape index (κ3) is 6.33. The molecule has 6 rings (SSSR count). The fourth-order valence-corrected chi connectivity index (χ4v) is 4.92. The van der Waals surface area contributed by atoms with E-state index >= 15 is 0 Å². The van der Waals surface area contributed by atoms with E-state index in [1.165, 1.54) is 0 Å². The van der Waals surface area contributed by atoms with Crippen molar-refractivity contribution in [3.8, 4) is 11.9 Å². The molecule has 0 unspecified atom stereocenters. The number of aromatic nitrogens is 3. The van der Waals surface area contributed by atoms with Crippen LogP contribution in [0.3, 0.4) is 0 Å². The summed E-state index contributed by atoms with van der Waals surface area (Å²) in [6, 6.07) is 29.6. The van der Waals surface area contributed by atoms with Gasteiger partial charge in [0.05, 0.1) is 19.3 Å². The predicted octanol–water partition coefficient (Wildman–Crippen LogP) is 5.16. The van der Waals surface area contributed by atoms with Gasteiger partial charge in [-0.2, -0.15) is 9.97 Å². The Balaban J connectivity index is 1.38. The first-order chi connectivity index (χ1) is 20.7. The number of rotatable bonds is 12. The molecule has 0 aliphatic carbocycles. The van der Waals surface area contributed by atoms with Crippen molar-refractivity contribution in [3.63, 3.8) is 0 Å². The van der Waals surface area contributed by atoms with Gasteiger partial charge < -0.3 is 28.6 Å². The molecular formula is C33H31N3O6. The van der Waals surface area contributed by atoms with Crippen molar-refractivity contribution in [2.75, 3.05) is 6.61 Å². The van der Waals surface area contributed by atoms with Crippen LogP contribution in [0.25, 0.3) is 11.0 Å². The predicted molar refractivity (Wildman–Crippen MR) is 155 cm³/mol. The monoisotopic (exact) mass is 565 g/mol. The molecular weight excluding hydrogens is 534 g/mol. The second-order valence-corrected chi connectivity index (χ2v) is 10.0. The van der Waals surface area contributed by atoms with Gasteiger partial charge in [0.2, 0.25) is 5.88 Å².